The van der Waals surface area contributed by atoms with Crippen molar-refractivity contribution in [2.24, 2.45) is 0 Å². The van der Waals surface area contributed by atoms with Crippen LogP contribution < -0.4 is 4.90 Å². The zero-order valence-corrected chi connectivity index (χ0v) is 9.90. The van der Waals surface area contributed by atoms with E-state index in [0.29, 0.717) is 11.7 Å². The molecule has 84 valence electrons. The van der Waals surface area contributed by atoms with Gasteiger partial charge in [0.1, 0.15) is 23.1 Å². The van der Waals surface area contributed by atoms with E-state index in [-0.39, 0.29) is 0 Å². The zero-order valence-electron chi connectivity index (χ0n) is 9.14. The number of aromatic nitrogens is 2. The van der Waals surface area contributed by atoms with E-state index in [1.165, 1.54) is 6.33 Å². The Morgan fingerprint density at radius 2 is 2.25 bits per heavy atom. The van der Waals surface area contributed by atoms with Crippen LogP contribution in [0.1, 0.15) is 11.3 Å². The van der Waals surface area contributed by atoms with Gasteiger partial charge in [-0.2, -0.15) is 0 Å². The highest BCUT2D eigenvalue weighted by atomic mass is 35.5. The molecule has 0 fully saturated rings. The van der Waals surface area contributed by atoms with Crippen LogP contribution in [0.2, 0.25) is 5.15 Å². The monoisotopic (exact) mass is 237 g/mol. The molecule has 0 saturated carbocycles. The molecule has 0 atom stereocenters. The number of halogens is 1. The molecule has 16 heavy (non-hydrogen) atoms. The molecule has 2 rings (SSSR count). The first-order valence-corrected chi connectivity index (χ1v) is 5.27. The summed E-state index contributed by atoms with van der Waals surface area (Å²) in [5.74, 6) is 1.70. The van der Waals surface area contributed by atoms with Gasteiger partial charge in [0.15, 0.2) is 0 Å². The van der Waals surface area contributed by atoms with Gasteiger partial charge in [-0.05, 0) is 19.1 Å². The maximum atomic E-state index is 5.94. The number of furan rings is 1. The lowest BCUT2D eigenvalue weighted by atomic mass is 10.3. The minimum absolute atomic E-state index is 0.483. The molecule has 0 radical (unpaired) electrons. The SMILES string of the molecule is Cc1c(Cl)ncnc1N(C)Cc1ccco1. The summed E-state index contributed by atoms with van der Waals surface area (Å²) >= 11 is 5.94. The second kappa shape index (κ2) is 4.53. The molecule has 0 N–H and O–H groups in total. The lowest BCUT2D eigenvalue weighted by molar-refractivity contribution is 0.506. The molecule has 0 amide bonds. The Labute approximate surface area is 98.9 Å². The summed E-state index contributed by atoms with van der Waals surface area (Å²) in [6, 6.07) is 3.79. The Balaban J connectivity index is 2.21. The van der Waals surface area contributed by atoms with Crippen molar-refractivity contribution < 1.29 is 4.42 Å². The van der Waals surface area contributed by atoms with E-state index >= 15 is 0 Å². The Bertz CT molecular complexity index is 470. The van der Waals surface area contributed by atoms with Gasteiger partial charge in [-0.15, -0.1) is 0 Å². The lowest BCUT2D eigenvalue weighted by Gasteiger charge is -2.18. The van der Waals surface area contributed by atoms with Crippen LogP contribution in [0.4, 0.5) is 5.82 Å². The van der Waals surface area contributed by atoms with Crippen LogP contribution in [0.3, 0.4) is 0 Å². The minimum atomic E-state index is 0.483. The largest absolute Gasteiger partial charge is 0.467 e. The molecule has 0 aliphatic carbocycles. The smallest absolute Gasteiger partial charge is 0.137 e. The Kier molecular flexibility index (Phi) is 3.10. The first-order valence-electron chi connectivity index (χ1n) is 4.89. The third-order valence-corrected chi connectivity index (χ3v) is 2.71. The van der Waals surface area contributed by atoms with Gasteiger partial charge in [0.25, 0.3) is 0 Å². The summed E-state index contributed by atoms with van der Waals surface area (Å²) in [6.45, 7) is 2.55. The van der Waals surface area contributed by atoms with Crippen LogP contribution in [0, 0.1) is 6.92 Å². The third-order valence-electron chi connectivity index (χ3n) is 2.33. The van der Waals surface area contributed by atoms with E-state index in [1.807, 2.05) is 31.0 Å². The predicted octanol–water partition coefficient (Wildman–Crippen LogP) is 2.67. The van der Waals surface area contributed by atoms with E-state index in [9.17, 15) is 0 Å². The van der Waals surface area contributed by atoms with E-state index in [4.69, 9.17) is 16.0 Å². The van der Waals surface area contributed by atoms with Gasteiger partial charge in [-0.3, -0.25) is 0 Å². The average Bonchev–Trinajstić information content (AvgIpc) is 2.74. The summed E-state index contributed by atoms with van der Waals surface area (Å²) in [7, 11) is 1.94. The van der Waals surface area contributed by atoms with E-state index in [1.54, 1.807) is 6.26 Å². The first-order chi connectivity index (χ1) is 7.68. The van der Waals surface area contributed by atoms with Gasteiger partial charge < -0.3 is 9.32 Å². The molecule has 2 aromatic rings. The highest BCUT2D eigenvalue weighted by molar-refractivity contribution is 6.30. The molecule has 0 unspecified atom stereocenters. The summed E-state index contributed by atoms with van der Waals surface area (Å²) in [5.41, 5.74) is 0.873. The fraction of sp³-hybridized carbons (Fsp3) is 0.273. The van der Waals surface area contributed by atoms with E-state index in [0.717, 1.165) is 17.1 Å². The van der Waals surface area contributed by atoms with Crippen molar-refractivity contribution in [3.63, 3.8) is 0 Å². The number of hydrogen-bond acceptors (Lipinski definition) is 4. The van der Waals surface area contributed by atoms with Gasteiger partial charge in [0, 0.05) is 12.6 Å². The Morgan fingerprint density at radius 3 is 2.94 bits per heavy atom. The molecule has 0 bridgehead atoms. The highest BCUT2D eigenvalue weighted by Gasteiger charge is 2.10. The summed E-state index contributed by atoms with van der Waals surface area (Å²) < 4.78 is 5.28. The van der Waals surface area contributed by atoms with Crippen LogP contribution in [-0.4, -0.2) is 17.0 Å². The van der Waals surface area contributed by atoms with Crippen molar-refractivity contribution in [1.29, 1.82) is 0 Å². The number of hydrogen-bond donors (Lipinski definition) is 0. The van der Waals surface area contributed by atoms with Gasteiger partial charge in [-0.25, -0.2) is 9.97 Å². The summed E-state index contributed by atoms with van der Waals surface area (Å²) in [5, 5.41) is 0.483. The topological polar surface area (TPSA) is 42.2 Å². The average molecular weight is 238 g/mol. The summed E-state index contributed by atoms with van der Waals surface area (Å²) in [4.78, 5) is 10.1. The van der Waals surface area contributed by atoms with Crippen LogP contribution in [0.25, 0.3) is 0 Å². The maximum Gasteiger partial charge on any atom is 0.137 e. The molecule has 4 nitrogen and oxygen atoms in total. The highest BCUT2D eigenvalue weighted by Crippen LogP contribution is 2.22. The van der Waals surface area contributed by atoms with Crippen molar-refractivity contribution in [2.75, 3.05) is 11.9 Å². The number of nitrogens with zero attached hydrogens (tertiary/aromatic N) is 3. The molecule has 0 aliphatic rings. The molecule has 0 saturated heterocycles. The molecule has 0 spiro atoms. The lowest BCUT2D eigenvalue weighted by Crippen LogP contribution is -2.18. The van der Waals surface area contributed by atoms with Gasteiger partial charge in [-0.1, -0.05) is 11.6 Å². The predicted molar refractivity (Wildman–Crippen MR) is 62.6 cm³/mol. The molecule has 0 aromatic carbocycles. The van der Waals surface area contributed by atoms with Crippen molar-refractivity contribution in [3.8, 4) is 0 Å². The van der Waals surface area contributed by atoms with Crippen LogP contribution in [0.15, 0.2) is 29.1 Å². The molecular weight excluding hydrogens is 226 g/mol. The Hall–Kier alpha value is -1.55. The molecule has 0 aliphatic heterocycles. The molecule has 2 aromatic heterocycles. The van der Waals surface area contributed by atoms with Gasteiger partial charge in [0.2, 0.25) is 0 Å². The fourth-order valence-electron chi connectivity index (χ4n) is 1.52. The minimum Gasteiger partial charge on any atom is -0.467 e. The van der Waals surface area contributed by atoms with Crippen LogP contribution in [-0.2, 0) is 6.54 Å². The quantitative estimate of drug-likeness (QED) is 0.770. The molecule has 2 heterocycles. The second-order valence-corrected chi connectivity index (χ2v) is 3.91. The van der Waals surface area contributed by atoms with E-state index in [2.05, 4.69) is 9.97 Å². The van der Waals surface area contributed by atoms with Crippen molar-refractivity contribution in [2.45, 2.75) is 13.5 Å². The molecule has 5 heteroatoms. The van der Waals surface area contributed by atoms with Crippen LogP contribution in [0.5, 0.6) is 0 Å². The summed E-state index contributed by atoms with van der Waals surface area (Å²) in [6.07, 6.45) is 3.12. The van der Waals surface area contributed by atoms with Gasteiger partial charge >= 0.3 is 0 Å². The number of anilines is 1. The second-order valence-electron chi connectivity index (χ2n) is 3.55. The maximum absolute atomic E-state index is 5.94. The first kappa shape index (κ1) is 11.0. The third kappa shape index (κ3) is 2.17. The van der Waals surface area contributed by atoms with Crippen molar-refractivity contribution >= 4 is 17.4 Å². The van der Waals surface area contributed by atoms with E-state index < -0.39 is 0 Å². The van der Waals surface area contributed by atoms with Crippen LogP contribution >= 0.6 is 11.6 Å². The fourth-order valence-corrected chi connectivity index (χ4v) is 1.64. The molecular formula is C11H12ClN3O. The zero-order chi connectivity index (χ0) is 11.5. The normalized spacial score (nSPS) is 10.4. The van der Waals surface area contributed by atoms with Crippen molar-refractivity contribution in [1.82, 2.24) is 9.97 Å². The standard InChI is InChI=1S/C11H12ClN3O/c1-8-10(12)13-7-14-11(8)15(2)6-9-4-3-5-16-9/h3-5,7H,6H2,1-2H3. The number of rotatable bonds is 3. The van der Waals surface area contributed by atoms with Gasteiger partial charge in [0.05, 0.1) is 12.8 Å². The Morgan fingerprint density at radius 1 is 1.44 bits per heavy atom. The van der Waals surface area contributed by atoms with Crippen molar-refractivity contribution in [3.05, 3.63) is 41.2 Å².